The van der Waals surface area contributed by atoms with E-state index in [4.69, 9.17) is 4.74 Å². The number of hydrogen-bond donors (Lipinski definition) is 0. The number of ether oxygens (including phenoxy) is 1. The highest BCUT2D eigenvalue weighted by atomic mass is 16.5. The van der Waals surface area contributed by atoms with Gasteiger partial charge in [-0.2, -0.15) is 0 Å². The van der Waals surface area contributed by atoms with Crippen LogP contribution in [-0.2, 0) is 0 Å². The van der Waals surface area contributed by atoms with E-state index >= 15 is 0 Å². The SMILES string of the molecule is C1=CCN(CCCCCOc2ccccc2)C1. The van der Waals surface area contributed by atoms with Crippen LogP contribution in [0.2, 0.25) is 0 Å². The highest BCUT2D eigenvalue weighted by Gasteiger charge is 2.04. The largest absolute Gasteiger partial charge is 0.494 e. The normalized spacial score (nSPS) is 15.3. The van der Waals surface area contributed by atoms with E-state index in [9.17, 15) is 0 Å². The van der Waals surface area contributed by atoms with Crippen molar-refractivity contribution in [3.8, 4) is 5.75 Å². The molecule has 2 rings (SSSR count). The summed E-state index contributed by atoms with van der Waals surface area (Å²) in [7, 11) is 0. The van der Waals surface area contributed by atoms with Gasteiger partial charge in [0.15, 0.2) is 0 Å². The van der Waals surface area contributed by atoms with Crippen molar-refractivity contribution in [3.63, 3.8) is 0 Å². The maximum atomic E-state index is 5.65. The lowest BCUT2D eigenvalue weighted by Gasteiger charge is -2.14. The fourth-order valence-corrected chi connectivity index (χ4v) is 2.03. The third-order valence-electron chi connectivity index (χ3n) is 3.02. The third kappa shape index (κ3) is 4.61. The summed E-state index contributed by atoms with van der Waals surface area (Å²) >= 11 is 0. The van der Waals surface area contributed by atoms with E-state index in [0.717, 1.165) is 31.9 Å². The summed E-state index contributed by atoms with van der Waals surface area (Å²) in [5.41, 5.74) is 0. The summed E-state index contributed by atoms with van der Waals surface area (Å²) in [5, 5.41) is 0. The Morgan fingerprint density at radius 2 is 1.71 bits per heavy atom. The molecule has 0 fully saturated rings. The summed E-state index contributed by atoms with van der Waals surface area (Å²) in [4.78, 5) is 2.47. The molecular weight excluding hydrogens is 210 g/mol. The predicted molar refractivity (Wildman–Crippen MR) is 71.4 cm³/mol. The molecule has 2 heteroatoms. The van der Waals surface area contributed by atoms with E-state index in [1.807, 2.05) is 30.3 Å². The van der Waals surface area contributed by atoms with Crippen molar-refractivity contribution in [1.29, 1.82) is 0 Å². The first-order chi connectivity index (χ1) is 8.45. The quantitative estimate of drug-likeness (QED) is 0.528. The molecular formula is C15H21NO. The number of para-hydroxylation sites is 1. The van der Waals surface area contributed by atoms with Crippen LogP contribution in [0.15, 0.2) is 42.5 Å². The van der Waals surface area contributed by atoms with Crippen molar-refractivity contribution in [1.82, 2.24) is 4.90 Å². The third-order valence-corrected chi connectivity index (χ3v) is 3.02. The lowest BCUT2D eigenvalue weighted by Crippen LogP contribution is -2.21. The van der Waals surface area contributed by atoms with Crippen molar-refractivity contribution in [2.75, 3.05) is 26.2 Å². The molecule has 2 nitrogen and oxygen atoms in total. The molecule has 0 spiro atoms. The van der Waals surface area contributed by atoms with Gasteiger partial charge in [0.05, 0.1) is 6.61 Å². The fraction of sp³-hybridized carbons (Fsp3) is 0.467. The molecule has 0 radical (unpaired) electrons. The number of benzene rings is 1. The molecule has 0 unspecified atom stereocenters. The van der Waals surface area contributed by atoms with Crippen LogP contribution in [0, 0.1) is 0 Å². The van der Waals surface area contributed by atoms with Crippen LogP contribution >= 0.6 is 0 Å². The van der Waals surface area contributed by atoms with Gasteiger partial charge in [-0.05, 0) is 37.9 Å². The molecule has 17 heavy (non-hydrogen) atoms. The number of unbranched alkanes of at least 4 members (excludes halogenated alkanes) is 2. The predicted octanol–water partition coefficient (Wildman–Crippen LogP) is 3.11. The molecule has 0 saturated carbocycles. The monoisotopic (exact) mass is 231 g/mol. The Morgan fingerprint density at radius 1 is 0.941 bits per heavy atom. The molecule has 1 heterocycles. The van der Waals surface area contributed by atoms with Gasteiger partial charge < -0.3 is 4.74 Å². The molecule has 0 amide bonds. The molecule has 92 valence electrons. The molecule has 0 aliphatic carbocycles. The van der Waals surface area contributed by atoms with Gasteiger partial charge in [0.25, 0.3) is 0 Å². The lowest BCUT2D eigenvalue weighted by molar-refractivity contribution is 0.293. The summed E-state index contributed by atoms with van der Waals surface area (Å²) in [6, 6.07) is 10.0. The zero-order chi connectivity index (χ0) is 11.8. The minimum Gasteiger partial charge on any atom is -0.494 e. The number of nitrogens with zero attached hydrogens (tertiary/aromatic N) is 1. The van der Waals surface area contributed by atoms with E-state index < -0.39 is 0 Å². The van der Waals surface area contributed by atoms with Crippen LogP contribution in [0.5, 0.6) is 5.75 Å². The smallest absolute Gasteiger partial charge is 0.119 e. The van der Waals surface area contributed by atoms with E-state index in [2.05, 4.69) is 17.1 Å². The van der Waals surface area contributed by atoms with Gasteiger partial charge in [-0.1, -0.05) is 30.4 Å². The second kappa shape index (κ2) is 7.13. The first-order valence-electron chi connectivity index (χ1n) is 6.50. The van der Waals surface area contributed by atoms with E-state index in [0.29, 0.717) is 0 Å². The van der Waals surface area contributed by atoms with Crippen molar-refractivity contribution in [2.24, 2.45) is 0 Å². The van der Waals surface area contributed by atoms with Crippen molar-refractivity contribution in [2.45, 2.75) is 19.3 Å². The lowest BCUT2D eigenvalue weighted by atomic mass is 10.2. The Morgan fingerprint density at radius 3 is 2.47 bits per heavy atom. The molecule has 0 N–H and O–H groups in total. The molecule has 0 bridgehead atoms. The van der Waals surface area contributed by atoms with Crippen molar-refractivity contribution >= 4 is 0 Å². The molecule has 0 atom stereocenters. The highest BCUT2D eigenvalue weighted by molar-refractivity contribution is 5.20. The topological polar surface area (TPSA) is 12.5 Å². The van der Waals surface area contributed by atoms with Crippen LogP contribution in [-0.4, -0.2) is 31.1 Å². The highest BCUT2D eigenvalue weighted by Crippen LogP contribution is 2.09. The van der Waals surface area contributed by atoms with Gasteiger partial charge in [0.2, 0.25) is 0 Å². The van der Waals surface area contributed by atoms with E-state index in [1.165, 1.54) is 19.4 Å². The van der Waals surface area contributed by atoms with Gasteiger partial charge in [0, 0.05) is 13.1 Å². The van der Waals surface area contributed by atoms with Gasteiger partial charge in [-0.25, -0.2) is 0 Å². The Hall–Kier alpha value is -1.28. The minimum absolute atomic E-state index is 0.836. The van der Waals surface area contributed by atoms with Crippen LogP contribution in [0.1, 0.15) is 19.3 Å². The zero-order valence-corrected chi connectivity index (χ0v) is 10.3. The van der Waals surface area contributed by atoms with Gasteiger partial charge in [-0.15, -0.1) is 0 Å². The first-order valence-corrected chi connectivity index (χ1v) is 6.50. The summed E-state index contributed by atoms with van der Waals surface area (Å²) < 4.78 is 5.65. The zero-order valence-electron chi connectivity index (χ0n) is 10.3. The van der Waals surface area contributed by atoms with Crippen LogP contribution in [0.3, 0.4) is 0 Å². The van der Waals surface area contributed by atoms with Crippen LogP contribution < -0.4 is 4.74 Å². The van der Waals surface area contributed by atoms with E-state index in [1.54, 1.807) is 0 Å². The van der Waals surface area contributed by atoms with Crippen molar-refractivity contribution in [3.05, 3.63) is 42.5 Å². The average molecular weight is 231 g/mol. The molecule has 1 aromatic carbocycles. The standard InChI is InChI=1S/C15H21NO/c1-3-9-15(10-4-1)17-14-8-2-5-11-16-12-6-7-13-16/h1,3-4,6-7,9-10H,2,5,8,11-14H2. The Labute approximate surface area is 104 Å². The molecule has 1 aliphatic rings. The molecule has 0 saturated heterocycles. The molecule has 1 aliphatic heterocycles. The summed E-state index contributed by atoms with van der Waals surface area (Å²) in [6.45, 7) is 4.33. The van der Waals surface area contributed by atoms with Gasteiger partial charge >= 0.3 is 0 Å². The molecule has 0 aromatic heterocycles. The maximum absolute atomic E-state index is 5.65. The van der Waals surface area contributed by atoms with Gasteiger partial charge in [0.1, 0.15) is 5.75 Å². The van der Waals surface area contributed by atoms with Gasteiger partial charge in [-0.3, -0.25) is 4.90 Å². The minimum atomic E-state index is 0.836. The van der Waals surface area contributed by atoms with Crippen molar-refractivity contribution < 1.29 is 4.74 Å². The maximum Gasteiger partial charge on any atom is 0.119 e. The van der Waals surface area contributed by atoms with E-state index in [-0.39, 0.29) is 0 Å². The first kappa shape index (κ1) is 12.2. The van der Waals surface area contributed by atoms with Crippen LogP contribution in [0.4, 0.5) is 0 Å². The average Bonchev–Trinajstić information content (AvgIpc) is 2.88. The number of rotatable bonds is 7. The Bertz CT molecular complexity index is 326. The molecule has 1 aromatic rings. The second-order valence-electron chi connectivity index (χ2n) is 4.45. The Kier molecular flexibility index (Phi) is 5.11. The van der Waals surface area contributed by atoms with Crippen LogP contribution in [0.25, 0.3) is 0 Å². The fourth-order valence-electron chi connectivity index (χ4n) is 2.03. The number of hydrogen-bond acceptors (Lipinski definition) is 2. The summed E-state index contributed by atoms with van der Waals surface area (Å²) in [6.07, 6.45) is 8.18. The second-order valence-corrected chi connectivity index (χ2v) is 4.45. The Balaban J connectivity index is 1.46. The summed E-state index contributed by atoms with van der Waals surface area (Å²) in [5.74, 6) is 0.983.